The fourth-order valence-electron chi connectivity index (χ4n) is 8.77. The van der Waals surface area contributed by atoms with Crippen LogP contribution >= 0.6 is 24.8 Å². The summed E-state index contributed by atoms with van der Waals surface area (Å²) in [5.41, 5.74) is 12.2. The van der Waals surface area contributed by atoms with Crippen LogP contribution in [0.25, 0.3) is 11.6 Å². The molecule has 8 rings (SSSR count). The first kappa shape index (κ1) is 48.8. The molecular weight excluding hydrogens is 847 g/mol. The zero-order valence-electron chi connectivity index (χ0n) is 36.6. The van der Waals surface area contributed by atoms with E-state index in [-0.39, 0.29) is 41.1 Å². The molecule has 0 saturated carbocycles. The van der Waals surface area contributed by atoms with Gasteiger partial charge < -0.3 is 0 Å². The molecule has 0 aliphatic heterocycles. The van der Waals surface area contributed by atoms with E-state index in [0.717, 1.165) is 25.7 Å². The average Bonchev–Trinajstić information content (AvgIpc) is 3.93. The molecule has 0 nitrogen and oxygen atoms in total. The van der Waals surface area contributed by atoms with E-state index in [1.54, 1.807) is 27.4 Å². The zero-order valence-corrected chi connectivity index (χ0v) is 40.7. The second-order valence-electron chi connectivity index (χ2n) is 17.3. The van der Waals surface area contributed by atoms with E-state index in [4.69, 9.17) is 0 Å². The Balaban J connectivity index is 0.000000285. The van der Waals surface area contributed by atoms with Gasteiger partial charge in [-0.25, -0.2) is 12.2 Å². The molecule has 0 spiro atoms. The molecular formula is C57H62Cl2Zr. The van der Waals surface area contributed by atoms with E-state index < -0.39 is 0 Å². The third kappa shape index (κ3) is 11.9. The number of halogens is 2. The topological polar surface area (TPSA) is 0 Å². The molecule has 0 aromatic heterocycles. The number of unbranched alkanes of at least 4 members (excludes halogenated alkanes) is 1. The third-order valence-corrected chi connectivity index (χ3v) is 12.9. The molecule has 3 aliphatic rings. The van der Waals surface area contributed by atoms with Crippen molar-refractivity contribution in [1.82, 2.24) is 0 Å². The van der Waals surface area contributed by atoms with Gasteiger partial charge in [0.1, 0.15) is 0 Å². The Hall–Kier alpha value is -3.87. The first-order valence-corrected chi connectivity index (χ1v) is 22.4. The molecule has 308 valence electrons. The Morgan fingerprint density at radius 2 is 1.22 bits per heavy atom. The van der Waals surface area contributed by atoms with Gasteiger partial charge >= 0.3 is 112 Å². The summed E-state index contributed by atoms with van der Waals surface area (Å²) in [5.74, 6) is 0. The van der Waals surface area contributed by atoms with E-state index in [1.165, 1.54) is 73.4 Å². The van der Waals surface area contributed by atoms with Crippen LogP contribution in [0.1, 0.15) is 101 Å². The minimum absolute atomic E-state index is 0. The first-order chi connectivity index (χ1) is 27.9. The fourth-order valence-corrected chi connectivity index (χ4v) is 9.77. The normalized spacial score (nSPS) is 15.9. The summed E-state index contributed by atoms with van der Waals surface area (Å²) in [4.78, 5) is 0. The summed E-state index contributed by atoms with van der Waals surface area (Å²) in [5, 5.41) is 2.68. The quantitative estimate of drug-likeness (QED) is 0.116. The molecule has 60 heavy (non-hydrogen) atoms. The van der Waals surface area contributed by atoms with Gasteiger partial charge in [-0.2, -0.15) is 23.8 Å². The van der Waals surface area contributed by atoms with Crippen LogP contribution < -0.4 is 10.4 Å². The molecule has 0 heterocycles. The first-order valence-electron chi connectivity index (χ1n) is 21.1. The predicted molar refractivity (Wildman–Crippen MR) is 260 cm³/mol. The van der Waals surface area contributed by atoms with Crippen molar-refractivity contribution in [3.05, 3.63) is 225 Å². The standard InChI is InChI=1S/C37H41.C15H14.C5H5.2ClH.Zr/c1-8-9-20-37(7)25-28-22-27-21-26(2)33(35(3,4)29-16-12-10-13-17-29)23-31(27)32(28)24-34(37)36(5,6)30-18-14-11-15-19-30;1-3-8-14(9-4-1)12-7-13-15-10-5-2-6-11-15;1-2-4-5-3-1;;;/h10-19,21-24H,8-9,20H2,1-7H3;1-6,8-11H,12-13H2;1-3H,4H2;2*1H;/q-1;;-1;;;+2. The van der Waals surface area contributed by atoms with Gasteiger partial charge in [-0.1, -0.05) is 150 Å². The molecule has 1 unspecified atom stereocenters. The second-order valence-corrected chi connectivity index (χ2v) is 19.0. The van der Waals surface area contributed by atoms with Crippen LogP contribution in [0.2, 0.25) is 0 Å². The van der Waals surface area contributed by atoms with Crippen LogP contribution in [0.15, 0.2) is 169 Å². The van der Waals surface area contributed by atoms with Gasteiger partial charge in [0.05, 0.1) is 0 Å². The van der Waals surface area contributed by atoms with E-state index in [0.29, 0.717) is 0 Å². The Morgan fingerprint density at radius 1 is 0.700 bits per heavy atom. The van der Waals surface area contributed by atoms with Gasteiger partial charge in [0, 0.05) is 10.8 Å². The minimum atomic E-state index is -0.0894. The van der Waals surface area contributed by atoms with Crippen LogP contribution in [-0.2, 0) is 47.9 Å². The predicted octanol–water partition coefficient (Wildman–Crippen LogP) is 13.4. The van der Waals surface area contributed by atoms with Gasteiger partial charge in [-0.15, -0.1) is 42.9 Å². The molecule has 3 aliphatic carbocycles. The van der Waals surface area contributed by atoms with Crippen molar-refractivity contribution in [3.63, 3.8) is 0 Å². The van der Waals surface area contributed by atoms with Crippen molar-refractivity contribution < 1.29 is 24.2 Å². The molecule has 0 bridgehead atoms. The molecule has 0 amide bonds. The Labute approximate surface area is 389 Å². The maximum absolute atomic E-state index is 4.06. The van der Waals surface area contributed by atoms with Crippen molar-refractivity contribution in [1.29, 1.82) is 0 Å². The SMILES string of the molecule is CCCCC1(C)[C-]=C2C=c3cc(C)c(C(C)(C)c4ccccc4)cc3=C2C=C1C(C)(C)c1ccccc1.Cl.Cl.[C-]1=CC=CC1.[Zr+2]=[C](Cc1ccccc1)Cc1ccccc1. The molecule has 0 N–H and O–H groups in total. The zero-order chi connectivity index (χ0) is 41.2. The molecule has 5 aromatic carbocycles. The monoisotopic (exact) mass is 906 g/mol. The summed E-state index contributed by atoms with van der Waals surface area (Å²) in [6.45, 7) is 16.5. The molecule has 0 radical (unpaired) electrons. The fraction of sp³-hybridized carbons (Fsp3) is 0.281. The van der Waals surface area contributed by atoms with Crippen molar-refractivity contribution in [3.8, 4) is 0 Å². The van der Waals surface area contributed by atoms with Gasteiger partial charge in [0.15, 0.2) is 0 Å². The number of allylic oxidation sites excluding steroid dienone is 8. The number of hydrogen-bond acceptors (Lipinski definition) is 0. The van der Waals surface area contributed by atoms with E-state index in [2.05, 4.69) is 212 Å². The summed E-state index contributed by atoms with van der Waals surface area (Å²) in [6.07, 6.45) is 24.7. The summed E-state index contributed by atoms with van der Waals surface area (Å²) >= 11 is 1.55. The van der Waals surface area contributed by atoms with Crippen LogP contribution in [0, 0.1) is 24.5 Å². The number of fused-ring (bicyclic) bond motifs is 2. The van der Waals surface area contributed by atoms with Crippen LogP contribution in [0.3, 0.4) is 0 Å². The maximum atomic E-state index is 4.06. The van der Waals surface area contributed by atoms with Crippen LogP contribution in [-0.4, -0.2) is 3.21 Å². The third-order valence-electron chi connectivity index (χ3n) is 12.0. The molecule has 1 atom stereocenters. The molecule has 5 aromatic rings. The van der Waals surface area contributed by atoms with Crippen LogP contribution in [0.4, 0.5) is 0 Å². The Morgan fingerprint density at radius 3 is 1.68 bits per heavy atom. The van der Waals surface area contributed by atoms with Crippen molar-refractivity contribution in [2.45, 2.75) is 97.8 Å². The van der Waals surface area contributed by atoms with Gasteiger partial charge in [0.2, 0.25) is 0 Å². The van der Waals surface area contributed by atoms with E-state index >= 15 is 0 Å². The Kier molecular flexibility index (Phi) is 18.1. The van der Waals surface area contributed by atoms with Crippen LogP contribution in [0.5, 0.6) is 0 Å². The van der Waals surface area contributed by atoms with Gasteiger partial charge in [-0.3, -0.25) is 6.08 Å². The summed E-state index contributed by atoms with van der Waals surface area (Å²) < 4.78 is 1.60. The van der Waals surface area contributed by atoms with Gasteiger partial charge in [-0.05, 0) is 34.6 Å². The van der Waals surface area contributed by atoms with E-state index in [9.17, 15) is 0 Å². The number of benzene rings is 5. The van der Waals surface area contributed by atoms with Crippen molar-refractivity contribution in [2.24, 2.45) is 5.41 Å². The summed E-state index contributed by atoms with van der Waals surface area (Å²) in [6, 6.07) is 48.2. The molecule has 3 heteroatoms. The van der Waals surface area contributed by atoms with Gasteiger partial charge in [0.25, 0.3) is 0 Å². The average molecular weight is 909 g/mol. The number of aryl methyl sites for hydroxylation is 1. The van der Waals surface area contributed by atoms with E-state index in [1.807, 2.05) is 12.2 Å². The summed E-state index contributed by atoms with van der Waals surface area (Å²) in [7, 11) is 0. The second kappa shape index (κ2) is 22.3. The number of hydrogen-bond donors (Lipinski definition) is 0. The number of rotatable bonds is 11. The van der Waals surface area contributed by atoms with Crippen molar-refractivity contribution in [2.75, 3.05) is 0 Å². The Bertz CT molecular complexity index is 2360. The molecule has 0 fully saturated rings. The van der Waals surface area contributed by atoms with Crippen molar-refractivity contribution >= 4 is 39.7 Å². The molecule has 0 saturated heterocycles.